The first-order valence-electron chi connectivity index (χ1n) is 28.4. The third-order valence-electron chi connectivity index (χ3n) is 17.4. The lowest BCUT2D eigenvalue weighted by molar-refractivity contribution is 0.590. The first-order chi connectivity index (χ1) is 36.6. The molecule has 0 amide bonds. The van der Waals surface area contributed by atoms with Gasteiger partial charge in [-0.1, -0.05) is 184 Å². The van der Waals surface area contributed by atoms with Crippen molar-refractivity contribution in [2.75, 3.05) is 14.7 Å². The van der Waals surface area contributed by atoms with Crippen LogP contribution in [0.5, 0.6) is 0 Å². The van der Waals surface area contributed by atoms with E-state index in [1.807, 2.05) is 0 Å². The van der Waals surface area contributed by atoms with Crippen molar-refractivity contribution in [2.24, 2.45) is 0 Å². The highest BCUT2D eigenvalue weighted by Crippen LogP contribution is 2.61. The lowest BCUT2D eigenvalue weighted by atomic mass is 9.68. The molecular weight excluding hydrogens is 943 g/mol. The molecule has 9 aromatic rings. The predicted molar refractivity (Wildman–Crippen MR) is 337 cm³/mol. The minimum atomic E-state index is -0.241. The van der Waals surface area contributed by atoms with Crippen molar-refractivity contribution in [1.29, 1.82) is 0 Å². The average molecular weight is 1020 g/mol. The Labute approximate surface area is 467 Å². The molecule has 11 rings (SSSR count). The molecular formula is C75H81N3. The third-order valence-corrected chi connectivity index (χ3v) is 17.4. The average Bonchev–Trinajstić information content (AvgIpc) is 3.83. The number of hydrogen-bond donors (Lipinski definition) is 0. The van der Waals surface area contributed by atoms with E-state index in [0.717, 1.165) is 51.2 Å². The molecule has 9 aromatic carbocycles. The standard InChI is InChI=1S/C75H81N3/c1-48-45-64-69-67-62(48)19-18-20-63(67)74(14,15)65-46-61(47-66(68(65)69)75(64,16)17)78(59-41-37-57(38-42-59)76(53-29-21-49(22-30-53)70(2,3)4)54-31-23-50(24-32-54)71(5,6)7)60-43-39-58(40-44-60)77(55-33-25-51(26-34-55)72(8,9)10)56-35-27-52(28-36-56)73(11,12)13/h18-47H,1-17H3. The highest BCUT2D eigenvalue weighted by molar-refractivity contribution is 6.10. The van der Waals surface area contributed by atoms with Gasteiger partial charge in [-0.15, -0.1) is 0 Å². The molecule has 0 heterocycles. The summed E-state index contributed by atoms with van der Waals surface area (Å²) in [7, 11) is 0. The summed E-state index contributed by atoms with van der Waals surface area (Å²) in [6.45, 7) is 39.5. The summed E-state index contributed by atoms with van der Waals surface area (Å²) in [5, 5.41) is 2.80. The van der Waals surface area contributed by atoms with Crippen LogP contribution in [-0.2, 0) is 32.5 Å². The number of hydrogen-bond acceptors (Lipinski definition) is 3. The zero-order chi connectivity index (χ0) is 55.6. The fourth-order valence-corrected chi connectivity index (χ4v) is 12.5. The van der Waals surface area contributed by atoms with Gasteiger partial charge in [0.05, 0.1) is 0 Å². The summed E-state index contributed by atoms with van der Waals surface area (Å²) < 4.78 is 0. The van der Waals surface area contributed by atoms with E-state index in [4.69, 9.17) is 0 Å². The smallest absolute Gasteiger partial charge is 0.0468 e. The van der Waals surface area contributed by atoms with Crippen LogP contribution >= 0.6 is 0 Å². The van der Waals surface area contributed by atoms with Crippen molar-refractivity contribution in [1.82, 2.24) is 0 Å². The van der Waals surface area contributed by atoms with Gasteiger partial charge in [0, 0.05) is 62.0 Å². The minimum Gasteiger partial charge on any atom is -0.311 e. The molecule has 2 aliphatic rings. The molecule has 0 radical (unpaired) electrons. The maximum Gasteiger partial charge on any atom is 0.0468 e. The predicted octanol–water partition coefficient (Wildman–Crippen LogP) is 21.7. The Kier molecular flexibility index (Phi) is 12.4. The Bertz CT molecular complexity index is 3440. The van der Waals surface area contributed by atoms with Gasteiger partial charge in [0.25, 0.3) is 0 Å². The molecule has 0 unspecified atom stereocenters. The van der Waals surface area contributed by atoms with E-state index in [2.05, 4.69) is 314 Å². The molecule has 0 bridgehead atoms. The Morgan fingerprint density at radius 3 is 0.833 bits per heavy atom. The number of aryl methyl sites for hydroxylation is 1. The van der Waals surface area contributed by atoms with Gasteiger partial charge in [-0.2, -0.15) is 0 Å². The van der Waals surface area contributed by atoms with Crippen molar-refractivity contribution in [3.63, 3.8) is 0 Å². The van der Waals surface area contributed by atoms with Crippen LogP contribution in [0.3, 0.4) is 0 Å². The number of anilines is 9. The monoisotopic (exact) mass is 1020 g/mol. The van der Waals surface area contributed by atoms with Crippen LogP contribution in [-0.4, -0.2) is 0 Å². The van der Waals surface area contributed by atoms with E-state index in [-0.39, 0.29) is 32.5 Å². The zero-order valence-corrected chi connectivity index (χ0v) is 49.7. The van der Waals surface area contributed by atoms with Crippen LogP contribution in [0, 0.1) is 6.92 Å². The van der Waals surface area contributed by atoms with Crippen LogP contribution in [0.4, 0.5) is 51.2 Å². The third kappa shape index (κ3) is 9.02. The largest absolute Gasteiger partial charge is 0.311 e. The van der Waals surface area contributed by atoms with E-state index in [0.29, 0.717) is 0 Å². The van der Waals surface area contributed by atoms with Crippen LogP contribution in [0.15, 0.2) is 182 Å². The second kappa shape index (κ2) is 18.4. The summed E-state index contributed by atoms with van der Waals surface area (Å²) in [5.74, 6) is 0. The first-order valence-corrected chi connectivity index (χ1v) is 28.4. The van der Waals surface area contributed by atoms with E-state index in [1.165, 1.54) is 72.0 Å². The minimum absolute atomic E-state index is 0.0482. The van der Waals surface area contributed by atoms with Gasteiger partial charge < -0.3 is 14.7 Å². The summed E-state index contributed by atoms with van der Waals surface area (Å²) in [6.07, 6.45) is 0. The lowest BCUT2D eigenvalue weighted by Crippen LogP contribution is -2.25. The topological polar surface area (TPSA) is 9.72 Å². The van der Waals surface area contributed by atoms with Gasteiger partial charge in [0.2, 0.25) is 0 Å². The maximum atomic E-state index is 2.52. The van der Waals surface area contributed by atoms with Crippen molar-refractivity contribution >= 4 is 62.0 Å². The van der Waals surface area contributed by atoms with Crippen LogP contribution in [0.1, 0.15) is 161 Å². The molecule has 3 nitrogen and oxygen atoms in total. The molecule has 2 aliphatic carbocycles. The molecule has 0 N–H and O–H groups in total. The van der Waals surface area contributed by atoms with Gasteiger partial charge in [-0.25, -0.2) is 0 Å². The molecule has 0 fully saturated rings. The molecule has 0 spiro atoms. The normalized spacial score (nSPS) is 14.4. The number of benzene rings is 9. The van der Waals surface area contributed by atoms with Gasteiger partial charge in [-0.3, -0.25) is 0 Å². The van der Waals surface area contributed by atoms with Gasteiger partial charge in [0.15, 0.2) is 0 Å². The molecule has 396 valence electrons. The fourth-order valence-electron chi connectivity index (χ4n) is 12.5. The molecule has 0 aliphatic heterocycles. The fraction of sp³-hybridized carbons (Fsp3) is 0.307. The molecule has 3 heteroatoms. The van der Waals surface area contributed by atoms with Crippen LogP contribution in [0.25, 0.3) is 21.9 Å². The van der Waals surface area contributed by atoms with E-state index >= 15 is 0 Å². The van der Waals surface area contributed by atoms with Gasteiger partial charge in [-0.05, 0) is 210 Å². The van der Waals surface area contributed by atoms with Gasteiger partial charge >= 0.3 is 0 Å². The molecule has 0 atom stereocenters. The van der Waals surface area contributed by atoms with E-state index in [1.54, 1.807) is 0 Å². The highest BCUT2D eigenvalue weighted by Gasteiger charge is 2.46. The molecule has 0 aromatic heterocycles. The second-order valence-electron chi connectivity index (χ2n) is 27.7. The molecule has 78 heavy (non-hydrogen) atoms. The lowest BCUT2D eigenvalue weighted by Gasteiger charge is -2.37. The van der Waals surface area contributed by atoms with Crippen LogP contribution < -0.4 is 14.7 Å². The summed E-state index contributed by atoms with van der Waals surface area (Å²) >= 11 is 0. The zero-order valence-electron chi connectivity index (χ0n) is 49.7. The van der Waals surface area contributed by atoms with Crippen molar-refractivity contribution in [3.05, 3.63) is 232 Å². The van der Waals surface area contributed by atoms with Crippen molar-refractivity contribution in [2.45, 2.75) is 150 Å². The Morgan fingerprint density at radius 2 is 0.538 bits per heavy atom. The SMILES string of the molecule is Cc1cc2c3c4c(cccc14)C(C)(C)c1cc(N(c4ccc(N(c5ccc(C(C)(C)C)cc5)c5ccc(C(C)(C)C)cc5)cc4)c4ccc(N(c5ccc(C(C)(C)C)cc5)c5ccc(C(C)(C)C)cc5)cc4)cc(c1-3)C2(C)C. The quantitative estimate of drug-likeness (QED) is 0.143. The van der Waals surface area contributed by atoms with E-state index < -0.39 is 0 Å². The van der Waals surface area contributed by atoms with Crippen LogP contribution in [0.2, 0.25) is 0 Å². The van der Waals surface area contributed by atoms with E-state index in [9.17, 15) is 0 Å². The van der Waals surface area contributed by atoms with Crippen molar-refractivity contribution < 1.29 is 0 Å². The molecule has 0 saturated carbocycles. The Morgan fingerprint density at radius 1 is 0.282 bits per heavy atom. The Hall–Kier alpha value is -7.36. The second-order valence-corrected chi connectivity index (χ2v) is 27.7. The maximum absolute atomic E-state index is 2.52. The summed E-state index contributed by atoms with van der Waals surface area (Å²) in [6, 6.07) is 69.7. The molecule has 0 saturated heterocycles. The number of nitrogens with zero attached hydrogens (tertiary/aromatic N) is 3. The Balaban J connectivity index is 1.08. The highest BCUT2D eigenvalue weighted by atomic mass is 15.2. The summed E-state index contributed by atoms with van der Waals surface area (Å²) in [4.78, 5) is 7.31. The summed E-state index contributed by atoms with van der Waals surface area (Å²) in [5.41, 5.74) is 24.9. The first kappa shape index (κ1) is 52.7. The van der Waals surface area contributed by atoms with Gasteiger partial charge in [0.1, 0.15) is 0 Å². The number of rotatable bonds is 9. The van der Waals surface area contributed by atoms with Crippen molar-refractivity contribution in [3.8, 4) is 11.1 Å².